The third-order valence-electron chi connectivity index (χ3n) is 5.75. The molecule has 3 atom stereocenters. The van der Waals surface area contributed by atoms with Gasteiger partial charge in [0, 0.05) is 16.9 Å². The molecule has 2 aromatic rings. The minimum absolute atomic E-state index is 0.0215. The van der Waals surface area contributed by atoms with Gasteiger partial charge in [-0.25, -0.2) is 18.1 Å². The maximum absolute atomic E-state index is 12.5. The summed E-state index contributed by atoms with van der Waals surface area (Å²) in [5.74, 6) is 6.01. The van der Waals surface area contributed by atoms with E-state index < -0.39 is 20.8 Å². The van der Waals surface area contributed by atoms with Gasteiger partial charge in [-0.15, -0.1) is 0 Å². The second-order valence-corrected chi connectivity index (χ2v) is 9.33. The zero-order valence-electron chi connectivity index (χ0n) is 18.1. The molecule has 0 radical (unpaired) electrons. The van der Waals surface area contributed by atoms with E-state index in [0.29, 0.717) is 24.0 Å². The Kier molecular flexibility index (Phi) is 6.11. The van der Waals surface area contributed by atoms with E-state index >= 15 is 0 Å². The molecule has 1 heterocycles. The molecule has 0 N–H and O–H groups in total. The molecule has 1 saturated carbocycles. The standard InChI is InChI=1S/C24H21NO7S/c1-4-30-24(27)22-18-8-6-14-10-16-11-17(13-21(25-3)33(28,29)31-5-2)23(26)32-20(16)12-15(14)7-9-19(18)22/h10-13,18-19,22H,4-6,8H2,1-2H3. The van der Waals surface area contributed by atoms with Crippen LogP contribution in [-0.4, -0.2) is 27.6 Å². The van der Waals surface area contributed by atoms with Crippen LogP contribution in [0.3, 0.4) is 0 Å². The SMILES string of the molecule is [C-]#[N+]C(=Cc1cc2cc3c(cc2oc1=O)C#CC1C(CC3)C1C(=O)OCC)S(=O)(=O)OCC. The maximum atomic E-state index is 12.5. The van der Waals surface area contributed by atoms with E-state index in [2.05, 4.69) is 20.9 Å². The van der Waals surface area contributed by atoms with Crippen molar-refractivity contribution in [3.8, 4) is 11.8 Å². The number of benzene rings is 1. The third kappa shape index (κ3) is 4.43. The highest BCUT2D eigenvalue weighted by atomic mass is 32.2. The summed E-state index contributed by atoms with van der Waals surface area (Å²) in [6.07, 6.45) is 2.42. The number of aryl methyl sites for hydroxylation is 1. The summed E-state index contributed by atoms with van der Waals surface area (Å²) in [7, 11) is -4.26. The first-order valence-corrected chi connectivity index (χ1v) is 12.0. The first-order chi connectivity index (χ1) is 15.8. The average Bonchev–Trinajstić information content (AvgIpc) is 3.45. The monoisotopic (exact) mass is 467 g/mol. The number of esters is 1. The molecule has 0 bridgehead atoms. The molecule has 170 valence electrons. The van der Waals surface area contributed by atoms with Gasteiger partial charge in [-0.2, -0.15) is 0 Å². The van der Waals surface area contributed by atoms with Crippen molar-refractivity contribution in [1.82, 2.24) is 0 Å². The van der Waals surface area contributed by atoms with E-state index in [0.717, 1.165) is 23.6 Å². The summed E-state index contributed by atoms with van der Waals surface area (Å²) < 4.78 is 39.3. The summed E-state index contributed by atoms with van der Waals surface area (Å²) in [4.78, 5) is 27.6. The molecule has 33 heavy (non-hydrogen) atoms. The fraction of sp³-hybridized carbons (Fsp3) is 0.375. The first-order valence-electron chi connectivity index (χ1n) is 10.6. The highest BCUT2D eigenvalue weighted by molar-refractivity contribution is 7.91. The van der Waals surface area contributed by atoms with Crippen LogP contribution in [0.25, 0.3) is 21.9 Å². The van der Waals surface area contributed by atoms with Gasteiger partial charge in [0.15, 0.2) is 0 Å². The van der Waals surface area contributed by atoms with Crippen LogP contribution in [0.1, 0.15) is 37.0 Å². The predicted octanol–water partition coefficient (Wildman–Crippen LogP) is 3.10. The van der Waals surface area contributed by atoms with E-state index in [1.54, 1.807) is 13.0 Å². The number of nitrogens with zero attached hydrogens (tertiary/aromatic N) is 1. The second kappa shape index (κ2) is 8.86. The Hall–Kier alpha value is -3.40. The van der Waals surface area contributed by atoms with Gasteiger partial charge in [-0.3, -0.25) is 8.98 Å². The van der Waals surface area contributed by atoms with Crippen molar-refractivity contribution in [1.29, 1.82) is 0 Å². The van der Waals surface area contributed by atoms with Crippen LogP contribution in [-0.2, 0) is 30.3 Å². The molecule has 1 aromatic heterocycles. The zero-order valence-corrected chi connectivity index (χ0v) is 18.9. The van der Waals surface area contributed by atoms with Crippen molar-refractivity contribution in [3.05, 3.63) is 61.8 Å². The van der Waals surface area contributed by atoms with Crippen molar-refractivity contribution < 1.29 is 26.5 Å². The highest BCUT2D eigenvalue weighted by Crippen LogP contribution is 2.50. The van der Waals surface area contributed by atoms with Gasteiger partial charge in [-0.1, -0.05) is 11.8 Å². The van der Waals surface area contributed by atoms with Gasteiger partial charge in [0.05, 0.1) is 31.3 Å². The zero-order chi connectivity index (χ0) is 23.8. The summed E-state index contributed by atoms with van der Waals surface area (Å²) in [6, 6.07) is 5.01. The molecule has 0 spiro atoms. The van der Waals surface area contributed by atoms with Crippen LogP contribution >= 0.6 is 0 Å². The first kappa shape index (κ1) is 22.8. The third-order valence-corrected chi connectivity index (χ3v) is 7.02. The van der Waals surface area contributed by atoms with Crippen molar-refractivity contribution in [2.75, 3.05) is 13.2 Å². The Morgan fingerprint density at radius 3 is 2.79 bits per heavy atom. The van der Waals surface area contributed by atoms with Gasteiger partial charge in [0.2, 0.25) is 0 Å². The van der Waals surface area contributed by atoms with E-state index in [1.165, 1.54) is 13.0 Å². The summed E-state index contributed by atoms with van der Waals surface area (Å²) in [6.45, 7) is 10.6. The number of fused-ring (bicyclic) bond motifs is 3. The van der Waals surface area contributed by atoms with E-state index in [9.17, 15) is 18.0 Å². The van der Waals surface area contributed by atoms with Crippen LogP contribution in [0, 0.1) is 36.2 Å². The lowest BCUT2D eigenvalue weighted by Crippen LogP contribution is -2.09. The van der Waals surface area contributed by atoms with Gasteiger partial charge < -0.3 is 9.15 Å². The Balaban J connectivity index is 1.70. The molecule has 1 aromatic carbocycles. The number of hydrogen-bond donors (Lipinski definition) is 0. The largest absolute Gasteiger partial charge is 0.466 e. The van der Waals surface area contributed by atoms with E-state index in [-0.39, 0.29) is 35.9 Å². The normalized spacial score (nSPS) is 21.5. The lowest BCUT2D eigenvalue weighted by Gasteiger charge is -2.09. The minimum Gasteiger partial charge on any atom is -0.466 e. The number of rotatable bonds is 6. The van der Waals surface area contributed by atoms with Crippen molar-refractivity contribution >= 4 is 33.1 Å². The van der Waals surface area contributed by atoms with Crippen molar-refractivity contribution in [2.45, 2.75) is 26.7 Å². The molecule has 0 amide bonds. The topological polar surface area (TPSA) is 104 Å². The summed E-state index contributed by atoms with van der Waals surface area (Å²) in [5, 5.41) is -0.118. The number of carbonyl (C=O) groups is 1. The lowest BCUT2D eigenvalue weighted by atomic mass is 9.97. The Labute approximate surface area is 191 Å². The highest BCUT2D eigenvalue weighted by Gasteiger charge is 2.54. The van der Waals surface area contributed by atoms with Crippen LogP contribution in [0.5, 0.6) is 0 Å². The molecule has 0 saturated heterocycles. The summed E-state index contributed by atoms with van der Waals surface area (Å²) in [5.41, 5.74) is 1.12. The van der Waals surface area contributed by atoms with Crippen LogP contribution in [0.4, 0.5) is 0 Å². The van der Waals surface area contributed by atoms with Gasteiger partial charge in [0.1, 0.15) is 5.58 Å². The lowest BCUT2D eigenvalue weighted by molar-refractivity contribution is -0.145. The van der Waals surface area contributed by atoms with Gasteiger partial charge >= 0.3 is 26.7 Å². The van der Waals surface area contributed by atoms with Crippen LogP contribution in [0.15, 0.2) is 32.4 Å². The molecule has 9 heteroatoms. The molecule has 3 unspecified atom stereocenters. The molecular weight excluding hydrogens is 446 g/mol. The molecule has 0 aliphatic heterocycles. The Morgan fingerprint density at radius 1 is 1.30 bits per heavy atom. The van der Waals surface area contributed by atoms with E-state index in [1.807, 2.05) is 6.07 Å². The van der Waals surface area contributed by atoms with Gasteiger partial charge in [0.25, 0.3) is 0 Å². The molecule has 8 nitrogen and oxygen atoms in total. The smallest absolute Gasteiger partial charge is 0.342 e. The van der Waals surface area contributed by atoms with Crippen molar-refractivity contribution in [3.63, 3.8) is 0 Å². The minimum atomic E-state index is -4.26. The molecular formula is C24H21NO7S. The molecule has 4 rings (SSSR count). The fourth-order valence-electron chi connectivity index (χ4n) is 4.14. The predicted molar refractivity (Wildman–Crippen MR) is 120 cm³/mol. The Morgan fingerprint density at radius 2 is 2.09 bits per heavy atom. The van der Waals surface area contributed by atoms with Gasteiger partial charge in [-0.05, 0) is 62.4 Å². The quantitative estimate of drug-likeness (QED) is 0.211. The number of ether oxygens (including phenoxy) is 1. The van der Waals surface area contributed by atoms with Crippen LogP contribution in [0.2, 0.25) is 0 Å². The van der Waals surface area contributed by atoms with Crippen LogP contribution < -0.4 is 5.63 Å². The second-order valence-electron chi connectivity index (χ2n) is 7.77. The fourth-order valence-corrected chi connectivity index (χ4v) is 4.95. The molecule has 2 aliphatic rings. The Bertz CT molecular complexity index is 1430. The van der Waals surface area contributed by atoms with Crippen molar-refractivity contribution in [2.24, 2.45) is 17.8 Å². The number of carbonyl (C=O) groups excluding carboxylic acids is 1. The summed E-state index contributed by atoms with van der Waals surface area (Å²) >= 11 is 0. The molecule has 1 fully saturated rings. The number of hydrogen-bond acceptors (Lipinski definition) is 7. The van der Waals surface area contributed by atoms with E-state index in [4.69, 9.17) is 15.7 Å². The molecule has 2 aliphatic carbocycles. The average molecular weight is 467 g/mol. The maximum Gasteiger partial charge on any atom is 0.342 e.